The predicted octanol–water partition coefficient (Wildman–Crippen LogP) is 1.58. The molecule has 21 heavy (non-hydrogen) atoms. The highest BCUT2D eigenvalue weighted by Gasteiger charge is 2.30. The molecule has 110 valence electrons. The highest BCUT2D eigenvalue weighted by atomic mass is 35.5. The van der Waals surface area contributed by atoms with E-state index in [9.17, 15) is 4.79 Å². The Morgan fingerprint density at radius 1 is 1.48 bits per heavy atom. The Labute approximate surface area is 130 Å². The lowest BCUT2D eigenvalue weighted by Gasteiger charge is -2.15. The Hall–Kier alpha value is -1.80. The summed E-state index contributed by atoms with van der Waals surface area (Å²) in [6, 6.07) is 0.273. The number of carbonyl (C=O) groups is 1. The summed E-state index contributed by atoms with van der Waals surface area (Å²) in [4.78, 5) is 22.6. The second kappa shape index (κ2) is 5.90. The number of hydrogen-bond acceptors (Lipinski definition) is 7. The van der Waals surface area contributed by atoms with Crippen LogP contribution in [0.2, 0.25) is 5.02 Å². The van der Waals surface area contributed by atoms with Gasteiger partial charge in [0.2, 0.25) is 0 Å². The van der Waals surface area contributed by atoms with Gasteiger partial charge in [-0.3, -0.25) is 4.79 Å². The van der Waals surface area contributed by atoms with Crippen molar-refractivity contribution in [2.75, 3.05) is 13.1 Å². The normalized spacial score (nSPS) is 18.0. The van der Waals surface area contributed by atoms with Crippen molar-refractivity contribution >= 4 is 29.0 Å². The van der Waals surface area contributed by atoms with Gasteiger partial charge in [0.25, 0.3) is 5.91 Å². The summed E-state index contributed by atoms with van der Waals surface area (Å²) < 4.78 is 9.45. The standard InChI is InChI=1S/C12H12ClN5O2S/c1-7-10(21-17-16-7)11(19)18-3-2-9(6-18)20-12-14-4-8(13)5-15-12/h4-5,9H,2-3,6H2,1H3/t9-/m0/s1. The van der Waals surface area contributed by atoms with Crippen LogP contribution in [0.25, 0.3) is 0 Å². The maximum absolute atomic E-state index is 12.3. The van der Waals surface area contributed by atoms with Gasteiger partial charge in [0, 0.05) is 13.0 Å². The average Bonchev–Trinajstić information content (AvgIpc) is 3.10. The molecule has 0 bridgehead atoms. The number of aromatic nitrogens is 4. The minimum Gasteiger partial charge on any atom is -0.458 e. The summed E-state index contributed by atoms with van der Waals surface area (Å²) >= 11 is 6.84. The lowest BCUT2D eigenvalue weighted by molar-refractivity contribution is 0.0773. The van der Waals surface area contributed by atoms with E-state index in [0.29, 0.717) is 28.7 Å². The predicted molar refractivity (Wildman–Crippen MR) is 76.6 cm³/mol. The van der Waals surface area contributed by atoms with Gasteiger partial charge in [-0.1, -0.05) is 16.1 Å². The van der Waals surface area contributed by atoms with Crippen LogP contribution in [0.4, 0.5) is 0 Å². The number of aryl methyl sites for hydroxylation is 1. The SMILES string of the molecule is Cc1nnsc1C(=O)N1CC[C@H](Oc2ncc(Cl)cn2)C1. The van der Waals surface area contributed by atoms with Crippen molar-refractivity contribution in [3.8, 4) is 6.01 Å². The third-order valence-corrected chi connectivity index (χ3v) is 4.16. The second-order valence-corrected chi connectivity index (χ2v) is 5.84. The molecule has 0 aliphatic carbocycles. The van der Waals surface area contributed by atoms with Gasteiger partial charge >= 0.3 is 6.01 Å². The molecule has 1 fully saturated rings. The third-order valence-electron chi connectivity index (χ3n) is 3.15. The molecule has 0 N–H and O–H groups in total. The van der Waals surface area contributed by atoms with Crippen LogP contribution < -0.4 is 4.74 Å². The summed E-state index contributed by atoms with van der Waals surface area (Å²) in [6.45, 7) is 2.92. The van der Waals surface area contributed by atoms with Crippen molar-refractivity contribution in [3.05, 3.63) is 28.0 Å². The molecule has 0 saturated carbocycles. The fourth-order valence-corrected chi connectivity index (χ4v) is 2.81. The summed E-state index contributed by atoms with van der Waals surface area (Å²) in [5.74, 6) is -0.0503. The topological polar surface area (TPSA) is 81.1 Å². The zero-order chi connectivity index (χ0) is 14.8. The lowest BCUT2D eigenvalue weighted by atomic mass is 10.3. The van der Waals surface area contributed by atoms with E-state index in [0.717, 1.165) is 18.0 Å². The molecular weight excluding hydrogens is 314 g/mol. The van der Waals surface area contributed by atoms with Crippen molar-refractivity contribution < 1.29 is 9.53 Å². The number of likely N-dealkylation sites (tertiary alicyclic amines) is 1. The van der Waals surface area contributed by atoms with Crippen molar-refractivity contribution in [1.29, 1.82) is 0 Å². The van der Waals surface area contributed by atoms with Crippen LogP contribution in [-0.4, -0.2) is 49.6 Å². The zero-order valence-corrected chi connectivity index (χ0v) is 12.8. The molecule has 9 heteroatoms. The average molecular weight is 326 g/mol. The molecule has 2 aromatic heterocycles. The first-order chi connectivity index (χ1) is 10.1. The van der Waals surface area contributed by atoms with Gasteiger partial charge in [-0.25, -0.2) is 9.97 Å². The van der Waals surface area contributed by atoms with Gasteiger partial charge < -0.3 is 9.64 Å². The van der Waals surface area contributed by atoms with Gasteiger partial charge in [0.1, 0.15) is 11.0 Å². The monoisotopic (exact) mass is 325 g/mol. The number of rotatable bonds is 3. The van der Waals surface area contributed by atoms with E-state index in [-0.39, 0.29) is 18.0 Å². The zero-order valence-electron chi connectivity index (χ0n) is 11.2. The molecule has 1 aliphatic rings. The van der Waals surface area contributed by atoms with Crippen LogP contribution in [0.15, 0.2) is 12.4 Å². The first kappa shape index (κ1) is 14.2. The van der Waals surface area contributed by atoms with E-state index < -0.39 is 0 Å². The van der Waals surface area contributed by atoms with Crippen LogP contribution in [0, 0.1) is 6.92 Å². The first-order valence-corrected chi connectivity index (χ1v) is 7.51. The molecule has 2 aromatic rings. The van der Waals surface area contributed by atoms with Gasteiger partial charge in [0.05, 0.1) is 29.7 Å². The maximum atomic E-state index is 12.3. The summed E-state index contributed by atoms with van der Waals surface area (Å²) in [6.07, 6.45) is 3.59. The van der Waals surface area contributed by atoms with Crippen LogP contribution in [-0.2, 0) is 0 Å². The number of carbonyl (C=O) groups excluding carboxylic acids is 1. The number of halogens is 1. The Bertz CT molecular complexity index is 647. The number of ether oxygens (including phenoxy) is 1. The molecule has 1 amide bonds. The van der Waals surface area contributed by atoms with Crippen molar-refractivity contribution in [3.63, 3.8) is 0 Å². The second-order valence-electron chi connectivity index (χ2n) is 4.65. The molecule has 0 spiro atoms. The summed E-state index contributed by atoms with van der Waals surface area (Å²) in [5.41, 5.74) is 0.662. The Balaban J connectivity index is 1.62. The minimum absolute atomic E-state index is 0.0503. The van der Waals surface area contributed by atoms with E-state index in [1.54, 1.807) is 11.8 Å². The Morgan fingerprint density at radius 3 is 2.90 bits per heavy atom. The van der Waals surface area contributed by atoms with Gasteiger partial charge in [-0.05, 0) is 18.5 Å². The van der Waals surface area contributed by atoms with Crippen LogP contribution in [0.5, 0.6) is 6.01 Å². The molecule has 1 saturated heterocycles. The highest BCUT2D eigenvalue weighted by Crippen LogP contribution is 2.20. The number of hydrogen-bond donors (Lipinski definition) is 0. The highest BCUT2D eigenvalue weighted by molar-refractivity contribution is 7.07. The van der Waals surface area contributed by atoms with Gasteiger partial charge in [-0.15, -0.1) is 5.10 Å². The molecule has 0 radical (unpaired) electrons. The molecule has 1 aliphatic heterocycles. The Kier molecular flexibility index (Phi) is 3.98. The molecule has 3 heterocycles. The van der Waals surface area contributed by atoms with Crippen molar-refractivity contribution in [2.45, 2.75) is 19.4 Å². The first-order valence-electron chi connectivity index (χ1n) is 6.36. The van der Waals surface area contributed by atoms with E-state index in [2.05, 4.69) is 19.6 Å². The van der Waals surface area contributed by atoms with Crippen LogP contribution in [0.1, 0.15) is 21.8 Å². The van der Waals surface area contributed by atoms with Crippen LogP contribution in [0.3, 0.4) is 0 Å². The largest absolute Gasteiger partial charge is 0.458 e. The lowest BCUT2D eigenvalue weighted by Crippen LogP contribution is -2.31. The molecule has 7 nitrogen and oxygen atoms in total. The quantitative estimate of drug-likeness (QED) is 0.852. The van der Waals surface area contributed by atoms with E-state index in [1.807, 2.05) is 0 Å². The molecule has 0 aromatic carbocycles. The number of amides is 1. The maximum Gasteiger partial charge on any atom is 0.316 e. The van der Waals surface area contributed by atoms with E-state index in [4.69, 9.17) is 16.3 Å². The van der Waals surface area contributed by atoms with Crippen molar-refractivity contribution in [2.24, 2.45) is 0 Å². The fraction of sp³-hybridized carbons (Fsp3) is 0.417. The molecular formula is C12H12ClN5O2S. The van der Waals surface area contributed by atoms with E-state index >= 15 is 0 Å². The minimum atomic E-state index is -0.115. The van der Waals surface area contributed by atoms with Gasteiger partial charge in [0.15, 0.2) is 0 Å². The third kappa shape index (κ3) is 3.11. The van der Waals surface area contributed by atoms with E-state index in [1.165, 1.54) is 12.4 Å². The van der Waals surface area contributed by atoms with Gasteiger partial charge in [-0.2, -0.15) is 0 Å². The Morgan fingerprint density at radius 2 is 2.24 bits per heavy atom. The fourth-order valence-electron chi connectivity index (χ4n) is 2.09. The van der Waals surface area contributed by atoms with Crippen molar-refractivity contribution in [1.82, 2.24) is 24.5 Å². The summed E-state index contributed by atoms with van der Waals surface area (Å²) in [5, 5.41) is 4.32. The molecule has 1 atom stereocenters. The molecule has 3 rings (SSSR count). The van der Waals surface area contributed by atoms with Crippen LogP contribution >= 0.6 is 23.1 Å². The summed E-state index contributed by atoms with van der Waals surface area (Å²) in [7, 11) is 0. The molecule has 0 unspecified atom stereocenters. The smallest absolute Gasteiger partial charge is 0.316 e. The number of nitrogens with zero attached hydrogens (tertiary/aromatic N) is 5.